The molecule has 0 spiro atoms. The van der Waals surface area contributed by atoms with Crippen LogP contribution in [-0.4, -0.2) is 33.5 Å². The topological polar surface area (TPSA) is 62.9 Å². The predicted molar refractivity (Wildman–Crippen MR) is 89.0 cm³/mol. The van der Waals surface area contributed by atoms with Crippen molar-refractivity contribution in [2.45, 2.75) is 6.10 Å². The number of rotatable bonds is 4. The molecule has 1 heterocycles. The van der Waals surface area contributed by atoms with Crippen molar-refractivity contribution >= 4 is 11.6 Å². The van der Waals surface area contributed by atoms with Crippen LogP contribution in [0.25, 0.3) is 11.1 Å². The van der Waals surface area contributed by atoms with Crippen molar-refractivity contribution in [1.82, 2.24) is 0 Å². The highest BCUT2D eigenvalue weighted by Crippen LogP contribution is 2.47. The summed E-state index contributed by atoms with van der Waals surface area (Å²) in [5.41, 5.74) is 7.30. The van der Waals surface area contributed by atoms with Crippen LogP contribution in [0.1, 0.15) is 0 Å². The average molecular weight is 336 g/mol. The summed E-state index contributed by atoms with van der Waals surface area (Å²) in [7, 11) is 3.19. The maximum atomic E-state index is 6.24. The van der Waals surface area contributed by atoms with Crippen molar-refractivity contribution in [2.75, 3.05) is 27.4 Å². The van der Waals surface area contributed by atoms with Gasteiger partial charge in [-0.15, -0.1) is 0 Å². The highest BCUT2D eigenvalue weighted by atomic mass is 35.5. The lowest BCUT2D eigenvalue weighted by Crippen LogP contribution is -2.35. The Morgan fingerprint density at radius 3 is 2.74 bits per heavy atom. The van der Waals surface area contributed by atoms with Crippen LogP contribution in [0.15, 0.2) is 30.3 Å². The molecule has 0 saturated carbocycles. The summed E-state index contributed by atoms with van der Waals surface area (Å²) in [6.07, 6.45) is -0.195. The number of methoxy groups -OCH3 is 2. The zero-order chi connectivity index (χ0) is 16.4. The lowest BCUT2D eigenvalue weighted by molar-refractivity contribution is 0.0976. The molecule has 2 N–H and O–H groups in total. The molecule has 23 heavy (non-hydrogen) atoms. The molecule has 0 radical (unpaired) electrons. The number of fused-ring (bicyclic) bond motifs is 1. The maximum Gasteiger partial charge on any atom is 0.169 e. The van der Waals surface area contributed by atoms with Crippen molar-refractivity contribution in [1.29, 1.82) is 0 Å². The van der Waals surface area contributed by atoms with Crippen LogP contribution in [-0.2, 0) is 0 Å². The number of nitrogens with two attached hydrogens (primary N) is 1. The summed E-state index contributed by atoms with van der Waals surface area (Å²) in [5, 5.41) is 0.554. The van der Waals surface area contributed by atoms with E-state index >= 15 is 0 Å². The molecule has 3 rings (SSSR count). The molecular formula is C17H18ClNO4. The Morgan fingerprint density at radius 2 is 2.04 bits per heavy atom. The van der Waals surface area contributed by atoms with E-state index in [0.29, 0.717) is 41.2 Å². The van der Waals surface area contributed by atoms with Gasteiger partial charge in [0.15, 0.2) is 23.0 Å². The third-order valence-corrected chi connectivity index (χ3v) is 3.90. The molecule has 0 amide bonds. The molecule has 5 nitrogen and oxygen atoms in total. The Balaban J connectivity index is 2.19. The van der Waals surface area contributed by atoms with Crippen LogP contribution in [0.4, 0.5) is 0 Å². The minimum atomic E-state index is -0.195. The molecule has 1 aliphatic heterocycles. The minimum absolute atomic E-state index is 0.195. The second-order valence-electron chi connectivity index (χ2n) is 5.11. The molecular weight excluding hydrogens is 318 g/mol. The molecule has 2 aromatic rings. The molecule has 0 saturated heterocycles. The molecule has 0 unspecified atom stereocenters. The quantitative estimate of drug-likeness (QED) is 0.930. The van der Waals surface area contributed by atoms with Gasteiger partial charge >= 0.3 is 0 Å². The van der Waals surface area contributed by atoms with Crippen LogP contribution >= 0.6 is 11.6 Å². The Hall–Kier alpha value is -2.11. The van der Waals surface area contributed by atoms with Gasteiger partial charge < -0.3 is 24.7 Å². The van der Waals surface area contributed by atoms with Gasteiger partial charge in [0, 0.05) is 28.8 Å². The van der Waals surface area contributed by atoms with E-state index in [2.05, 4.69) is 0 Å². The van der Waals surface area contributed by atoms with Crippen LogP contribution in [0, 0.1) is 0 Å². The molecule has 0 aromatic heterocycles. The van der Waals surface area contributed by atoms with Crippen molar-refractivity contribution in [2.24, 2.45) is 5.73 Å². The van der Waals surface area contributed by atoms with Gasteiger partial charge in [0.05, 0.1) is 14.2 Å². The molecule has 0 bridgehead atoms. The van der Waals surface area contributed by atoms with E-state index in [1.807, 2.05) is 24.3 Å². The Labute approximate surface area is 139 Å². The van der Waals surface area contributed by atoms with Crippen molar-refractivity contribution in [3.8, 4) is 34.1 Å². The lowest BCUT2D eigenvalue weighted by atomic mass is 10.0. The molecule has 1 atom stereocenters. The summed E-state index contributed by atoms with van der Waals surface area (Å²) < 4.78 is 22.6. The first-order valence-corrected chi connectivity index (χ1v) is 7.60. The molecule has 0 aliphatic carbocycles. The van der Waals surface area contributed by atoms with Gasteiger partial charge in [-0.25, -0.2) is 0 Å². The summed E-state index contributed by atoms with van der Waals surface area (Å²) in [6.45, 7) is 0.773. The normalized spacial score (nSPS) is 16.1. The Kier molecular flexibility index (Phi) is 4.50. The first-order valence-electron chi connectivity index (χ1n) is 7.22. The molecule has 0 fully saturated rings. The number of ether oxygens (including phenoxy) is 4. The smallest absolute Gasteiger partial charge is 0.169 e. The van der Waals surface area contributed by atoms with Gasteiger partial charge in [-0.3, -0.25) is 0 Å². The zero-order valence-corrected chi connectivity index (χ0v) is 13.7. The number of para-hydroxylation sites is 1. The fraction of sp³-hybridized carbons (Fsp3) is 0.294. The lowest BCUT2D eigenvalue weighted by Gasteiger charge is -2.28. The fourth-order valence-electron chi connectivity index (χ4n) is 2.60. The first kappa shape index (κ1) is 15.8. The van der Waals surface area contributed by atoms with E-state index in [9.17, 15) is 0 Å². The summed E-state index contributed by atoms with van der Waals surface area (Å²) in [6, 6.07) is 9.19. The highest BCUT2D eigenvalue weighted by Gasteiger charge is 2.26. The highest BCUT2D eigenvalue weighted by molar-refractivity contribution is 6.31. The second kappa shape index (κ2) is 6.56. The van der Waals surface area contributed by atoms with Gasteiger partial charge in [0.25, 0.3) is 0 Å². The fourth-order valence-corrected chi connectivity index (χ4v) is 2.80. The van der Waals surface area contributed by atoms with Crippen molar-refractivity contribution in [3.63, 3.8) is 0 Å². The zero-order valence-electron chi connectivity index (χ0n) is 13.0. The third-order valence-electron chi connectivity index (χ3n) is 3.68. The standard InChI is InChI=1S/C17H18ClNO4/c1-20-14-5-3-4-12(16(14)21-2)13-6-10(18)7-15-17(13)23-11(8-19)9-22-15/h3-7,11H,8-9,19H2,1-2H3/t11-/m0/s1. The molecule has 6 heteroatoms. The van der Waals surface area contributed by atoms with Crippen LogP contribution in [0.3, 0.4) is 0 Å². The summed E-state index contributed by atoms with van der Waals surface area (Å²) in [5.74, 6) is 2.45. The van der Waals surface area contributed by atoms with Gasteiger partial charge in [0.2, 0.25) is 0 Å². The minimum Gasteiger partial charge on any atom is -0.493 e. The Morgan fingerprint density at radius 1 is 1.22 bits per heavy atom. The van der Waals surface area contributed by atoms with E-state index in [0.717, 1.165) is 11.1 Å². The molecule has 122 valence electrons. The van der Waals surface area contributed by atoms with Gasteiger partial charge in [-0.2, -0.15) is 0 Å². The van der Waals surface area contributed by atoms with Gasteiger partial charge in [-0.05, 0) is 12.1 Å². The number of halogens is 1. The number of hydrogen-bond acceptors (Lipinski definition) is 5. The largest absolute Gasteiger partial charge is 0.493 e. The summed E-state index contributed by atoms with van der Waals surface area (Å²) >= 11 is 6.24. The van der Waals surface area contributed by atoms with E-state index in [4.69, 9.17) is 36.3 Å². The van der Waals surface area contributed by atoms with Gasteiger partial charge in [-0.1, -0.05) is 23.7 Å². The SMILES string of the molecule is COc1cccc(-c2cc(Cl)cc3c2O[C@@H](CN)CO3)c1OC. The van der Waals surface area contributed by atoms with Crippen LogP contribution in [0.5, 0.6) is 23.0 Å². The van der Waals surface area contributed by atoms with Crippen LogP contribution < -0.4 is 24.7 Å². The monoisotopic (exact) mass is 335 g/mol. The maximum absolute atomic E-state index is 6.24. The average Bonchev–Trinajstić information content (AvgIpc) is 2.59. The summed E-state index contributed by atoms with van der Waals surface area (Å²) in [4.78, 5) is 0. The van der Waals surface area contributed by atoms with Crippen molar-refractivity contribution in [3.05, 3.63) is 35.4 Å². The number of hydrogen-bond donors (Lipinski definition) is 1. The molecule has 1 aliphatic rings. The van der Waals surface area contributed by atoms with Crippen LogP contribution in [0.2, 0.25) is 5.02 Å². The Bertz CT molecular complexity index is 720. The van der Waals surface area contributed by atoms with E-state index in [-0.39, 0.29) is 6.10 Å². The van der Waals surface area contributed by atoms with Crippen molar-refractivity contribution < 1.29 is 18.9 Å². The third kappa shape index (κ3) is 2.90. The second-order valence-corrected chi connectivity index (χ2v) is 5.54. The predicted octanol–water partition coefficient (Wildman–Crippen LogP) is 3.12. The van der Waals surface area contributed by atoms with E-state index in [1.54, 1.807) is 20.3 Å². The van der Waals surface area contributed by atoms with E-state index in [1.165, 1.54) is 0 Å². The van der Waals surface area contributed by atoms with Gasteiger partial charge in [0.1, 0.15) is 12.7 Å². The first-order chi connectivity index (χ1) is 11.2. The van der Waals surface area contributed by atoms with E-state index < -0.39 is 0 Å². The molecule has 2 aromatic carbocycles. The number of benzene rings is 2.